The zero-order valence-electron chi connectivity index (χ0n) is 31.6. The minimum Gasteiger partial charge on any atom is -0.278 e. The molecule has 0 unspecified atom stereocenters. The first-order chi connectivity index (χ1) is 29.2. The van der Waals surface area contributed by atoms with Gasteiger partial charge in [-0.1, -0.05) is 152 Å². The largest absolute Gasteiger partial charge is 0.278 e. The predicted octanol–water partition coefficient (Wildman–Crippen LogP) is 13.3. The molecule has 6 nitrogen and oxygen atoms in total. The van der Waals surface area contributed by atoms with Crippen LogP contribution in [-0.2, 0) is 0 Å². The van der Waals surface area contributed by atoms with Crippen LogP contribution in [0.15, 0.2) is 194 Å². The molecule has 8 aromatic carbocycles. The quantitative estimate of drug-likeness (QED) is 0.169. The monoisotopic (exact) mass is 772 g/mol. The third-order valence-corrected chi connectivity index (χ3v) is 12.3. The van der Waals surface area contributed by atoms with E-state index < -0.39 is 0 Å². The Hall–Kier alpha value is -7.74. The lowest BCUT2D eigenvalue weighted by Gasteiger charge is -2.13. The van der Waals surface area contributed by atoms with Crippen molar-refractivity contribution in [3.8, 4) is 56.1 Å². The average molecular weight is 773 g/mol. The van der Waals surface area contributed by atoms with E-state index in [1.807, 2.05) is 6.07 Å². The summed E-state index contributed by atoms with van der Waals surface area (Å²) in [5.41, 5.74) is 11.6. The van der Waals surface area contributed by atoms with E-state index in [-0.39, 0.29) is 0 Å². The second kappa shape index (κ2) is 13.4. The Morgan fingerprint density at radius 2 is 0.780 bits per heavy atom. The Morgan fingerprint density at radius 3 is 1.34 bits per heavy atom. The number of benzene rings is 8. The molecule has 0 saturated heterocycles. The normalized spacial score (nSPS) is 11.7. The molecule has 0 spiro atoms. The van der Waals surface area contributed by atoms with E-state index in [9.17, 15) is 0 Å². The van der Waals surface area contributed by atoms with Crippen molar-refractivity contribution in [3.05, 3.63) is 194 Å². The number of hydrogen-bond acceptors (Lipinski definition) is 5. The zero-order valence-corrected chi connectivity index (χ0v) is 32.4. The van der Waals surface area contributed by atoms with E-state index in [0.717, 1.165) is 87.5 Å². The highest BCUT2D eigenvalue weighted by Gasteiger charge is 2.21. The summed E-state index contributed by atoms with van der Waals surface area (Å²) in [5.74, 6) is 1.71. The topological polar surface area (TPSA) is 61.4 Å². The Balaban J connectivity index is 1.04. The van der Waals surface area contributed by atoms with Gasteiger partial charge in [-0.25, -0.2) is 4.98 Å². The molecule has 59 heavy (non-hydrogen) atoms. The van der Waals surface area contributed by atoms with Crippen LogP contribution >= 0.6 is 11.3 Å². The standard InChI is InChI=1S/C52H32N6S/c1-2-15-33(16-3-1)50-53-48-38(25-14-30-47(48)59-50)36-19-12-17-34(31-36)35-18-13-20-37(32-35)49-54-51(57-43-26-8-4-21-39(43)40-22-5-9-27-44(40)57)56-52(55-49)58-45-28-10-6-23-41(45)42-24-7-11-29-46(42)58/h1-32H. The summed E-state index contributed by atoms with van der Waals surface area (Å²) in [5, 5.41) is 5.62. The molecule has 0 fully saturated rings. The Bertz CT molecular complexity index is 3340. The first-order valence-corrected chi connectivity index (χ1v) is 20.5. The number of nitrogens with zero attached hydrogens (tertiary/aromatic N) is 6. The Kier molecular flexibility index (Phi) is 7.61. The lowest BCUT2D eigenvalue weighted by molar-refractivity contribution is 0.893. The van der Waals surface area contributed by atoms with Gasteiger partial charge in [-0.2, -0.15) is 15.0 Å². The highest BCUT2D eigenvalue weighted by atomic mass is 32.1. The van der Waals surface area contributed by atoms with Crippen molar-refractivity contribution in [1.82, 2.24) is 29.1 Å². The van der Waals surface area contributed by atoms with Crippen LogP contribution in [0.1, 0.15) is 0 Å². The van der Waals surface area contributed by atoms with Crippen LogP contribution in [0.2, 0.25) is 0 Å². The fourth-order valence-corrected chi connectivity index (χ4v) is 9.55. The second-order valence-electron chi connectivity index (χ2n) is 14.7. The van der Waals surface area contributed by atoms with Crippen molar-refractivity contribution >= 4 is 65.2 Å². The number of para-hydroxylation sites is 5. The average Bonchev–Trinajstić information content (AvgIpc) is 4.00. The van der Waals surface area contributed by atoms with Crippen molar-refractivity contribution in [1.29, 1.82) is 0 Å². The molecule has 0 amide bonds. The molecule has 0 bridgehead atoms. The van der Waals surface area contributed by atoms with Gasteiger partial charge >= 0.3 is 0 Å². The Labute approximate surface area is 343 Å². The molecule has 0 aliphatic rings. The molecule has 0 radical (unpaired) electrons. The summed E-state index contributed by atoms with van der Waals surface area (Å²) >= 11 is 1.73. The molecule has 4 aromatic heterocycles. The van der Waals surface area contributed by atoms with E-state index in [0.29, 0.717) is 17.7 Å². The van der Waals surface area contributed by atoms with Crippen LogP contribution in [0.3, 0.4) is 0 Å². The van der Waals surface area contributed by atoms with Gasteiger partial charge in [-0.15, -0.1) is 11.3 Å². The summed E-state index contributed by atoms with van der Waals surface area (Å²) < 4.78 is 5.51. The molecular formula is C52H32N6S. The van der Waals surface area contributed by atoms with E-state index >= 15 is 0 Å². The van der Waals surface area contributed by atoms with E-state index in [2.05, 4.69) is 197 Å². The van der Waals surface area contributed by atoms with Crippen molar-refractivity contribution in [3.63, 3.8) is 0 Å². The van der Waals surface area contributed by atoms with Crippen molar-refractivity contribution in [2.75, 3.05) is 0 Å². The van der Waals surface area contributed by atoms with Crippen LogP contribution in [0, 0.1) is 0 Å². The van der Waals surface area contributed by atoms with Gasteiger partial charge in [0.2, 0.25) is 11.9 Å². The molecule has 0 atom stereocenters. The third-order valence-electron chi connectivity index (χ3n) is 11.2. The molecule has 0 aliphatic heterocycles. The van der Waals surface area contributed by atoms with Gasteiger partial charge in [0.05, 0.1) is 32.3 Å². The lowest BCUT2D eigenvalue weighted by atomic mass is 9.97. The van der Waals surface area contributed by atoms with Gasteiger partial charge < -0.3 is 0 Å². The fraction of sp³-hybridized carbons (Fsp3) is 0. The number of hydrogen-bond donors (Lipinski definition) is 0. The number of fused-ring (bicyclic) bond motifs is 7. The molecule has 276 valence electrons. The van der Waals surface area contributed by atoms with Crippen molar-refractivity contribution in [2.45, 2.75) is 0 Å². The fourth-order valence-electron chi connectivity index (χ4n) is 8.55. The van der Waals surface area contributed by atoms with Gasteiger partial charge in [0.1, 0.15) is 5.01 Å². The summed E-state index contributed by atoms with van der Waals surface area (Å²) in [6.45, 7) is 0. The van der Waals surface area contributed by atoms with Crippen LogP contribution in [0.25, 0.3) is 110 Å². The molecule has 12 aromatic rings. The van der Waals surface area contributed by atoms with Crippen LogP contribution in [0.5, 0.6) is 0 Å². The van der Waals surface area contributed by atoms with Crippen LogP contribution < -0.4 is 0 Å². The minimum atomic E-state index is 0.558. The van der Waals surface area contributed by atoms with E-state index in [4.69, 9.17) is 19.9 Å². The molecule has 0 aliphatic carbocycles. The molecule has 12 rings (SSSR count). The van der Waals surface area contributed by atoms with Gasteiger partial charge in [0.15, 0.2) is 5.82 Å². The summed E-state index contributed by atoms with van der Waals surface area (Å²) in [6.07, 6.45) is 0. The summed E-state index contributed by atoms with van der Waals surface area (Å²) in [7, 11) is 0. The van der Waals surface area contributed by atoms with Gasteiger partial charge in [0.25, 0.3) is 0 Å². The van der Waals surface area contributed by atoms with Gasteiger partial charge in [-0.3, -0.25) is 9.13 Å². The van der Waals surface area contributed by atoms with Crippen LogP contribution in [-0.4, -0.2) is 29.1 Å². The highest BCUT2D eigenvalue weighted by molar-refractivity contribution is 7.21. The number of rotatable bonds is 6. The number of thiazole rings is 1. The van der Waals surface area contributed by atoms with E-state index in [1.54, 1.807) is 11.3 Å². The Morgan fingerprint density at radius 1 is 0.339 bits per heavy atom. The first-order valence-electron chi connectivity index (χ1n) is 19.6. The summed E-state index contributed by atoms with van der Waals surface area (Å²) in [6, 6.07) is 68.0. The molecule has 0 saturated carbocycles. The molecular weight excluding hydrogens is 741 g/mol. The molecule has 4 heterocycles. The van der Waals surface area contributed by atoms with Crippen LogP contribution in [0.4, 0.5) is 0 Å². The second-order valence-corrected chi connectivity index (χ2v) is 15.7. The lowest BCUT2D eigenvalue weighted by Crippen LogP contribution is -2.10. The van der Waals surface area contributed by atoms with Crippen molar-refractivity contribution in [2.24, 2.45) is 0 Å². The minimum absolute atomic E-state index is 0.558. The predicted molar refractivity (Wildman–Crippen MR) is 243 cm³/mol. The maximum Gasteiger partial charge on any atom is 0.240 e. The van der Waals surface area contributed by atoms with Gasteiger partial charge in [-0.05, 0) is 59.2 Å². The maximum atomic E-state index is 5.31. The zero-order chi connectivity index (χ0) is 38.9. The molecule has 0 N–H and O–H groups in total. The van der Waals surface area contributed by atoms with E-state index in [1.165, 1.54) is 4.70 Å². The van der Waals surface area contributed by atoms with Gasteiger partial charge in [0, 0.05) is 38.2 Å². The third kappa shape index (κ3) is 5.47. The van der Waals surface area contributed by atoms with Crippen molar-refractivity contribution < 1.29 is 0 Å². The number of aromatic nitrogens is 6. The smallest absolute Gasteiger partial charge is 0.240 e. The SMILES string of the molecule is c1ccc(-c2nc3c(-c4cccc(-c5cccc(-c6nc(-n7c8ccccc8c8ccccc87)nc(-n7c8ccccc8c8ccccc87)n6)c5)c4)cccc3s2)cc1. The highest BCUT2D eigenvalue weighted by Crippen LogP contribution is 2.38. The first kappa shape index (κ1) is 33.4. The molecule has 7 heteroatoms. The summed E-state index contributed by atoms with van der Waals surface area (Å²) in [4.78, 5) is 21.1. The maximum absolute atomic E-state index is 5.31.